The van der Waals surface area contributed by atoms with Gasteiger partial charge >= 0.3 is 6.18 Å². The van der Waals surface area contributed by atoms with Crippen molar-refractivity contribution in [1.82, 2.24) is 15.6 Å². The van der Waals surface area contributed by atoms with Crippen LogP contribution in [0.4, 0.5) is 17.6 Å². The smallest absolute Gasteiger partial charge is 0.419 e. The van der Waals surface area contributed by atoms with Gasteiger partial charge in [0.15, 0.2) is 5.82 Å². The molecule has 1 heterocycles. The Kier molecular flexibility index (Phi) is 7.76. The summed E-state index contributed by atoms with van der Waals surface area (Å²) in [7, 11) is 0. The zero-order valence-corrected chi connectivity index (χ0v) is 19.1. The Morgan fingerprint density at radius 3 is 2.58 bits per heavy atom. The van der Waals surface area contributed by atoms with E-state index in [0.717, 1.165) is 30.6 Å². The first kappa shape index (κ1) is 26.4. The van der Waals surface area contributed by atoms with Crippen LogP contribution in [0.25, 0.3) is 0 Å². The minimum Gasteiger partial charge on any atom is -0.455 e. The number of nitrogens with two attached hydrogens (primary N) is 1. The topological polar surface area (TPSA) is 119 Å². The molecule has 2 aromatic rings. The summed E-state index contributed by atoms with van der Waals surface area (Å²) in [5.41, 5.74) is 3.08. The number of aliphatic imine (C=N–C) groups is 1. The van der Waals surface area contributed by atoms with Gasteiger partial charge in [0.1, 0.15) is 17.0 Å². The van der Waals surface area contributed by atoms with Gasteiger partial charge in [0, 0.05) is 24.7 Å². The van der Waals surface area contributed by atoms with Crippen molar-refractivity contribution in [2.45, 2.75) is 37.5 Å². The van der Waals surface area contributed by atoms with E-state index in [-0.39, 0.29) is 17.0 Å². The Bertz CT molecular complexity index is 1220. The van der Waals surface area contributed by atoms with Crippen molar-refractivity contribution in [3.8, 4) is 11.5 Å². The molecule has 36 heavy (non-hydrogen) atoms. The van der Waals surface area contributed by atoms with Gasteiger partial charge in [-0.1, -0.05) is 18.7 Å². The van der Waals surface area contributed by atoms with E-state index in [1.807, 2.05) is 0 Å². The molecule has 12 heteroatoms. The van der Waals surface area contributed by atoms with E-state index in [0.29, 0.717) is 12.8 Å². The summed E-state index contributed by atoms with van der Waals surface area (Å²) >= 11 is 0. The van der Waals surface area contributed by atoms with E-state index >= 15 is 0 Å². The number of nitrogens with one attached hydrogen (secondary N) is 2. The summed E-state index contributed by atoms with van der Waals surface area (Å²) in [6, 6.07) is 4.47. The molecule has 0 saturated heterocycles. The molecule has 3 rings (SSSR count). The minimum absolute atomic E-state index is 0.0254. The molecule has 1 aliphatic rings. The van der Waals surface area contributed by atoms with Crippen molar-refractivity contribution >= 4 is 18.0 Å². The third-order valence-electron chi connectivity index (χ3n) is 5.32. The number of ether oxygens (including phenoxy) is 1. The molecule has 0 radical (unpaired) electrons. The van der Waals surface area contributed by atoms with Crippen LogP contribution in [0.2, 0.25) is 0 Å². The molecule has 1 unspecified atom stereocenters. The van der Waals surface area contributed by atoms with Gasteiger partial charge in [0.05, 0.1) is 29.1 Å². The predicted molar refractivity (Wildman–Crippen MR) is 123 cm³/mol. The molecule has 1 saturated carbocycles. The van der Waals surface area contributed by atoms with Gasteiger partial charge in [-0.25, -0.2) is 4.39 Å². The Balaban J connectivity index is 1.69. The van der Waals surface area contributed by atoms with E-state index in [1.54, 1.807) is 0 Å². The molecule has 1 aliphatic carbocycles. The lowest BCUT2D eigenvalue weighted by Crippen LogP contribution is -2.50. The lowest BCUT2D eigenvalue weighted by Gasteiger charge is -2.21. The first-order valence-corrected chi connectivity index (χ1v) is 10.7. The number of carbonyl (C=O) groups excluding carboxylic acids is 2. The average Bonchev–Trinajstić information content (AvgIpc) is 3.60. The van der Waals surface area contributed by atoms with Crippen LogP contribution in [0.3, 0.4) is 0 Å². The molecule has 1 atom stereocenters. The van der Waals surface area contributed by atoms with Gasteiger partial charge in [0.25, 0.3) is 5.91 Å². The van der Waals surface area contributed by atoms with Gasteiger partial charge in [0.2, 0.25) is 5.91 Å². The fraction of sp³-hybridized carbons (Fsp3) is 0.250. The van der Waals surface area contributed by atoms with E-state index < -0.39 is 46.7 Å². The number of halogens is 4. The normalized spacial score (nSPS) is 15.8. The molecule has 1 fully saturated rings. The number of amides is 2. The summed E-state index contributed by atoms with van der Waals surface area (Å²) in [5, 5.41) is 5.20. The first-order valence-electron chi connectivity index (χ1n) is 10.7. The SMILES string of the molecule is C=CN=C/C(=C\N)C(=O)NC1(C(=O)NC(C)c2ncc(Oc3ccccc3C(F)(F)F)cc2F)CC1. The minimum atomic E-state index is -4.66. The van der Waals surface area contributed by atoms with E-state index in [2.05, 4.69) is 27.2 Å². The molecule has 1 aromatic heterocycles. The highest BCUT2D eigenvalue weighted by molar-refractivity contribution is 6.13. The zero-order valence-electron chi connectivity index (χ0n) is 19.1. The Hall–Kier alpha value is -4.22. The number of para-hydroxylation sites is 1. The van der Waals surface area contributed by atoms with Crippen LogP contribution in [0, 0.1) is 5.82 Å². The molecular formula is C24H23F4N5O3. The van der Waals surface area contributed by atoms with Crippen LogP contribution < -0.4 is 21.1 Å². The number of carbonyl (C=O) groups is 2. The van der Waals surface area contributed by atoms with E-state index in [4.69, 9.17) is 10.5 Å². The number of rotatable bonds is 9. The molecule has 190 valence electrons. The second-order valence-corrected chi connectivity index (χ2v) is 7.95. The van der Waals surface area contributed by atoms with Crippen LogP contribution in [-0.2, 0) is 15.8 Å². The standard InChI is InChI=1S/C24H23F4N5O3/c1-3-30-12-15(11-29)21(34)33-23(8-9-23)22(35)32-14(2)20-18(25)10-16(13-31-20)36-19-7-5-4-6-17(19)24(26,27)28/h3-7,10-14H,1,8-9,29H2,2H3,(H,32,35)(H,33,34)/b15-11+,30-12?. The van der Waals surface area contributed by atoms with Crippen LogP contribution in [0.15, 0.2) is 66.1 Å². The number of hydrogen-bond donors (Lipinski definition) is 3. The highest BCUT2D eigenvalue weighted by atomic mass is 19.4. The average molecular weight is 505 g/mol. The molecule has 0 bridgehead atoms. The van der Waals surface area contributed by atoms with Crippen molar-refractivity contribution in [2.24, 2.45) is 10.7 Å². The van der Waals surface area contributed by atoms with Crippen molar-refractivity contribution in [1.29, 1.82) is 0 Å². The lowest BCUT2D eigenvalue weighted by atomic mass is 10.1. The Morgan fingerprint density at radius 2 is 2.00 bits per heavy atom. The second-order valence-electron chi connectivity index (χ2n) is 7.95. The summed E-state index contributed by atoms with van der Waals surface area (Å²) in [5.74, 6) is -2.82. The molecule has 8 nitrogen and oxygen atoms in total. The maximum Gasteiger partial charge on any atom is 0.419 e. The van der Waals surface area contributed by atoms with Crippen molar-refractivity contribution in [2.75, 3.05) is 0 Å². The Morgan fingerprint density at radius 1 is 1.31 bits per heavy atom. The monoisotopic (exact) mass is 505 g/mol. The number of alkyl halides is 3. The largest absolute Gasteiger partial charge is 0.455 e. The highest BCUT2D eigenvalue weighted by Crippen LogP contribution is 2.38. The van der Waals surface area contributed by atoms with Crippen LogP contribution in [-0.4, -0.2) is 28.6 Å². The zero-order chi connectivity index (χ0) is 26.5. The summed E-state index contributed by atoms with van der Waals surface area (Å²) < 4.78 is 59.5. The molecule has 1 aromatic carbocycles. The number of benzene rings is 1. The molecule has 0 spiro atoms. The fourth-order valence-electron chi connectivity index (χ4n) is 3.26. The van der Waals surface area contributed by atoms with Crippen LogP contribution in [0.5, 0.6) is 11.5 Å². The van der Waals surface area contributed by atoms with Crippen LogP contribution >= 0.6 is 0 Å². The van der Waals surface area contributed by atoms with Gasteiger partial charge < -0.3 is 21.1 Å². The molecule has 0 aliphatic heterocycles. The summed E-state index contributed by atoms with van der Waals surface area (Å²) in [6.07, 6.45) is 0.549. The molecule has 4 N–H and O–H groups in total. The quantitative estimate of drug-likeness (QED) is 0.271. The van der Waals surface area contributed by atoms with Gasteiger partial charge in [-0.05, 0) is 31.9 Å². The number of aromatic nitrogens is 1. The molecular weight excluding hydrogens is 482 g/mol. The Labute approximate surface area is 204 Å². The fourth-order valence-corrected chi connectivity index (χ4v) is 3.26. The second kappa shape index (κ2) is 10.6. The van der Waals surface area contributed by atoms with E-state index in [1.165, 1.54) is 31.5 Å². The van der Waals surface area contributed by atoms with Gasteiger partial charge in [-0.2, -0.15) is 13.2 Å². The third kappa shape index (κ3) is 6.06. The van der Waals surface area contributed by atoms with Crippen molar-refractivity contribution in [3.05, 3.63) is 78.2 Å². The first-order chi connectivity index (χ1) is 17.0. The van der Waals surface area contributed by atoms with Crippen LogP contribution in [0.1, 0.15) is 37.1 Å². The maximum absolute atomic E-state index is 14.8. The maximum atomic E-state index is 14.8. The molecule has 2 amide bonds. The third-order valence-corrected chi connectivity index (χ3v) is 5.32. The predicted octanol–water partition coefficient (Wildman–Crippen LogP) is 3.91. The summed E-state index contributed by atoms with van der Waals surface area (Å²) in [6.45, 7) is 4.87. The van der Waals surface area contributed by atoms with Crippen molar-refractivity contribution < 1.29 is 31.9 Å². The van der Waals surface area contributed by atoms with E-state index in [9.17, 15) is 27.2 Å². The van der Waals surface area contributed by atoms with Gasteiger partial charge in [-0.3, -0.25) is 19.6 Å². The summed E-state index contributed by atoms with van der Waals surface area (Å²) in [4.78, 5) is 32.9. The number of nitrogens with zero attached hydrogens (tertiary/aromatic N) is 2. The number of pyridine rings is 1. The highest BCUT2D eigenvalue weighted by Gasteiger charge is 2.51. The van der Waals surface area contributed by atoms with Gasteiger partial charge in [-0.15, -0.1) is 0 Å². The number of hydrogen-bond acceptors (Lipinski definition) is 6. The lowest BCUT2D eigenvalue weighted by molar-refractivity contribution is -0.138. The van der Waals surface area contributed by atoms with Crippen molar-refractivity contribution in [3.63, 3.8) is 0 Å².